The lowest BCUT2D eigenvalue weighted by Crippen LogP contribution is -2.60. The van der Waals surface area contributed by atoms with Gasteiger partial charge in [0.2, 0.25) is 5.91 Å². The van der Waals surface area contributed by atoms with E-state index < -0.39 is 0 Å². The Balaban J connectivity index is 0.00000106. The zero-order chi connectivity index (χ0) is 16.0. The van der Waals surface area contributed by atoms with Crippen molar-refractivity contribution in [3.63, 3.8) is 0 Å². The number of anilines is 1. The van der Waals surface area contributed by atoms with Crippen LogP contribution in [-0.4, -0.2) is 47.5 Å². The first kappa shape index (κ1) is 17.4. The molecule has 2 N–H and O–H groups in total. The van der Waals surface area contributed by atoms with Crippen LogP contribution < -0.4 is 10.6 Å². The normalized spacial score (nSPS) is 21.6. The molecule has 0 saturated carbocycles. The van der Waals surface area contributed by atoms with Gasteiger partial charge >= 0.3 is 0 Å². The summed E-state index contributed by atoms with van der Waals surface area (Å²) >= 11 is 0. The summed E-state index contributed by atoms with van der Waals surface area (Å²) in [6.45, 7) is 11.8. The van der Waals surface area contributed by atoms with Crippen LogP contribution in [0.2, 0.25) is 0 Å². The van der Waals surface area contributed by atoms with Gasteiger partial charge in [0.15, 0.2) is 0 Å². The van der Waals surface area contributed by atoms with Gasteiger partial charge in [-0.25, -0.2) is 4.98 Å². The fraction of sp³-hybridized carbons (Fsp3) is 0.625. The predicted octanol–water partition coefficient (Wildman–Crippen LogP) is 1.80. The quantitative estimate of drug-likeness (QED) is 0.903. The van der Waals surface area contributed by atoms with Crippen LogP contribution in [0, 0.1) is 6.92 Å². The maximum Gasteiger partial charge on any atom is 0.236 e. The molecule has 0 bridgehead atoms. The van der Waals surface area contributed by atoms with E-state index in [-0.39, 0.29) is 24.5 Å². The summed E-state index contributed by atoms with van der Waals surface area (Å²) in [6, 6.07) is 4.41. The monoisotopic (exact) mass is 292 g/mol. The van der Waals surface area contributed by atoms with Crippen molar-refractivity contribution in [1.82, 2.24) is 9.88 Å². The van der Waals surface area contributed by atoms with Gasteiger partial charge < -0.3 is 15.5 Å². The smallest absolute Gasteiger partial charge is 0.236 e. The number of nitrogens with zero attached hydrogens (tertiary/aromatic N) is 3. The number of nitrogens with two attached hydrogens (primary N) is 1. The molecule has 1 aromatic heterocycles. The number of rotatable bonds is 2. The topological polar surface area (TPSA) is 62.5 Å². The molecular formula is C16H28N4O. The number of carbonyl (C=O) groups excluding carboxylic acids is 1. The molecule has 2 heterocycles. The van der Waals surface area contributed by atoms with Crippen molar-refractivity contribution in [2.45, 2.75) is 46.7 Å². The summed E-state index contributed by atoms with van der Waals surface area (Å²) in [5.41, 5.74) is 6.63. The molecule has 0 radical (unpaired) electrons. The average molecular weight is 292 g/mol. The molecule has 21 heavy (non-hydrogen) atoms. The van der Waals surface area contributed by atoms with E-state index in [1.165, 1.54) is 0 Å². The van der Waals surface area contributed by atoms with Crippen LogP contribution in [-0.2, 0) is 4.79 Å². The van der Waals surface area contributed by atoms with Crippen LogP contribution >= 0.6 is 0 Å². The Bertz CT molecular complexity index is 434. The van der Waals surface area contributed by atoms with Crippen LogP contribution in [0.15, 0.2) is 18.3 Å². The van der Waals surface area contributed by atoms with Crippen LogP contribution in [0.3, 0.4) is 0 Å². The highest BCUT2D eigenvalue weighted by atomic mass is 16.2. The van der Waals surface area contributed by atoms with Gasteiger partial charge in [-0.1, -0.05) is 19.9 Å². The fourth-order valence-corrected chi connectivity index (χ4v) is 2.75. The van der Waals surface area contributed by atoms with Crippen molar-refractivity contribution in [3.05, 3.63) is 23.9 Å². The largest absolute Gasteiger partial charge is 0.353 e. The summed E-state index contributed by atoms with van der Waals surface area (Å²) < 4.78 is 0. The van der Waals surface area contributed by atoms with Gasteiger partial charge in [-0.3, -0.25) is 4.79 Å². The Morgan fingerprint density at radius 3 is 2.29 bits per heavy atom. The van der Waals surface area contributed by atoms with Gasteiger partial charge in [-0.15, -0.1) is 0 Å². The lowest BCUT2D eigenvalue weighted by Gasteiger charge is -2.44. The van der Waals surface area contributed by atoms with Crippen molar-refractivity contribution in [1.29, 1.82) is 0 Å². The SMILES string of the molecule is CC.Cc1ccc(N2CC(C)N(C(=O)CN)C(C)C2)nc1. The van der Waals surface area contributed by atoms with Crippen LogP contribution in [0.5, 0.6) is 0 Å². The van der Waals surface area contributed by atoms with Gasteiger partial charge in [0.25, 0.3) is 0 Å². The van der Waals surface area contributed by atoms with E-state index in [0.29, 0.717) is 0 Å². The van der Waals surface area contributed by atoms with E-state index >= 15 is 0 Å². The molecule has 1 amide bonds. The maximum atomic E-state index is 11.8. The van der Waals surface area contributed by atoms with Gasteiger partial charge in [0.05, 0.1) is 6.54 Å². The van der Waals surface area contributed by atoms with E-state index in [0.717, 1.165) is 24.5 Å². The third-order valence-electron chi connectivity index (χ3n) is 3.60. The summed E-state index contributed by atoms with van der Waals surface area (Å²) in [6.07, 6.45) is 1.88. The van der Waals surface area contributed by atoms with Crippen LogP contribution in [0.4, 0.5) is 5.82 Å². The van der Waals surface area contributed by atoms with Gasteiger partial charge in [-0.2, -0.15) is 0 Å². The third-order valence-corrected chi connectivity index (χ3v) is 3.60. The summed E-state index contributed by atoms with van der Waals surface area (Å²) in [5.74, 6) is 1.00. The Morgan fingerprint density at radius 1 is 1.29 bits per heavy atom. The molecule has 1 aromatic rings. The molecular weight excluding hydrogens is 264 g/mol. The van der Waals surface area contributed by atoms with E-state index in [9.17, 15) is 4.79 Å². The molecule has 1 fully saturated rings. The van der Waals surface area contributed by atoms with Crippen molar-refractivity contribution in [2.75, 3.05) is 24.5 Å². The zero-order valence-electron chi connectivity index (χ0n) is 13.8. The molecule has 1 aliphatic heterocycles. The van der Waals surface area contributed by atoms with Gasteiger partial charge in [0.1, 0.15) is 5.82 Å². The third kappa shape index (κ3) is 4.17. The van der Waals surface area contributed by atoms with Crippen molar-refractivity contribution in [3.8, 4) is 0 Å². The number of hydrogen-bond donors (Lipinski definition) is 1. The first-order valence-corrected chi connectivity index (χ1v) is 7.71. The zero-order valence-corrected chi connectivity index (χ0v) is 13.8. The van der Waals surface area contributed by atoms with E-state index in [1.54, 1.807) is 0 Å². The molecule has 0 aliphatic carbocycles. The fourth-order valence-electron chi connectivity index (χ4n) is 2.75. The average Bonchev–Trinajstić information content (AvgIpc) is 2.49. The number of pyridine rings is 1. The van der Waals surface area contributed by atoms with Crippen LogP contribution in [0.25, 0.3) is 0 Å². The molecule has 2 atom stereocenters. The second kappa shape index (κ2) is 7.98. The summed E-state index contributed by atoms with van der Waals surface area (Å²) in [4.78, 5) is 20.4. The Hall–Kier alpha value is -1.62. The number of aromatic nitrogens is 1. The molecule has 5 heteroatoms. The van der Waals surface area contributed by atoms with Crippen molar-refractivity contribution < 1.29 is 4.79 Å². The van der Waals surface area contributed by atoms with Gasteiger partial charge in [0, 0.05) is 31.4 Å². The lowest BCUT2D eigenvalue weighted by molar-refractivity contribution is -0.134. The summed E-state index contributed by atoms with van der Waals surface area (Å²) in [7, 11) is 0. The van der Waals surface area contributed by atoms with Crippen LogP contribution in [0.1, 0.15) is 33.3 Å². The Morgan fingerprint density at radius 2 is 1.86 bits per heavy atom. The molecule has 1 saturated heterocycles. The summed E-state index contributed by atoms with van der Waals surface area (Å²) in [5, 5.41) is 0. The van der Waals surface area contributed by atoms with E-state index in [4.69, 9.17) is 5.73 Å². The molecule has 0 spiro atoms. The molecule has 118 valence electrons. The highest BCUT2D eigenvalue weighted by Gasteiger charge is 2.32. The molecule has 1 aliphatic rings. The Labute approximate surface area is 128 Å². The molecule has 2 rings (SSSR count). The second-order valence-corrected chi connectivity index (χ2v) is 5.30. The Kier molecular flexibility index (Phi) is 6.62. The molecule has 2 unspecified atom stereocenters. The molecule has 5 nitrogen and oxygen atoms in total. The van der Waals surface area contributed by atoms with Gasteiger partial charge in [-0.05, 0) is 32.4 Å². The highest BCUT2D eigenvalue weighted by molar-refractivity contribution is 5.79. The van der Waals surface area contributed by atoms with Crippen molar-refractivity contribution in [2.24, 2.45) is 5.73 Å². The molecule has 0 aromatic carbocycles. The minimum atomic E-state index is 0.0246. The van der Waals surface area contributed by atoms with E-state index in [2.05, 4.69) is 29.8 Å². The standard InChI is InChI=1S/C14H22N4O.C2H6/c1-10-4-5-13(16-7-10)17-8-11(2)18(12(3)9-17)14(19)6-15;1-2/h4-5,7,11-12H,6,8-9,15H2,1-3H3;1-2H3. The lowest BCUT2D eigenvalue weighted by atomic mass is 10.1. The number of amides is 1. The number of piperazine rings is 1. The minimum Gasteiger partial charge on any atom is -0.353 e. The van der Waals surface area contributed by atoms with Crippen molar-refractivity contribution >= 4 is 11.7 Å². The number of hydrogen-bond acceptors (Lipinski definition) is 4. The first-order chi connectivity index (χ1) is 10.0. The highest BCUT2D eigenvalue weighted by Crippen LogP contribution is 2.20. The second-order valence-electron chi connectivity index (χ2n) is 5.30. The number of aryl methyl sites for hydroxylation is 1. The van der Waals surface area contributed by atoms with E-state index in [1.807, 2.05) is 37.9 Å². The predicted molar refractivity (Wildman–Crippen MR) is 87.4 cm³/mol. The first-order valence-electron chi connectivity index (χ1n) is 7.71. The maximum absolute atomic E-state index is 11.8. The minimum absolute atomic E-state index is 0.0246. The number of carbonyl (C=O) groups is 1.